The maximum atomic E-state index is 13.1. The van der Waals surface area contributed by atoms with Crippen molar-refractivity contribution in [3.05, 3.63) is 22.5 Å². The SMILES string of the molecule is COC(=O)c1c(F)cc(O)c(O)c1Cl. The van der Waals surface area contributed by atoms with Crippen molar-refractivity contribution in [1.29, 1.82) is 0 Å². The third kappa shape index (κ3) is 1.58. The van der Waals surface area contributed by atoms with Gasteiger partial charge in [-0.05, 0) is 0 Å². The molecule has 0 aliphatic rings. The lowest BCUT2D eigenvalue weighted by Crippen LogP contribution is -2.05. The minimum Gasteiger partial charge on any atom is -0.504 e. The van der Waals surface area contributed by atoms with E-state index in [0.29, 0.717) is 6.07 Å². The largest absolute Gasteiger partial charge is 0.504 e. The summed E-state index contributed by atoms with van der Waals surface area (Å²) in [6, 6.07) is 0.577. The van der Waals surface area contributed by atoms with Gasteiger partial charge in [-0.1, -0.05) is 11.6 Å². The van der Waals surface area contributed by atoms with Crippen LogP contribution in [0.4, 0.5) is 4.39 Å². The van der Waals surface area contributed by atoms with E-state index in [1.807, 2.05) is 0 Å². The second-order valence-corrected chi connectivity index (χ2v) is 2.78. The van der Waals surface area contributed by atoms with Crippen LogP contribution in [0.5, 0.6) is 11.5 Å². The number of phenolic OH excluding ortho intramolecular Hbond substituents is 2. The molecule has 0 spiro atoms. The monoisotopic (exact) mass is 220 g/mol. The lowest BCUT2D eigenvalue weighted by Gasteiger charge is -2.06. The molecular formula is C8H6ClFO4. The molecule has 0 fully saturated rings. The standard InChI is InChI=1S/C8H6ClFO4/c1-14-8(13)5-3(10)2-4(11)7(12)6(5)9/h2,11-12H,1H3. The number of carbonyl (C=O) groups excluding carboxylic acids is 1. The van der Waals surface area contributed by atoms with E-state index >= 15 is 0 Å². The number of hydrogen-bond donors (Lipinski definition) is 2. The molecule has 0 bridgehead atoms. The van der Waals surface area contributed by atoms with Gasteiger partial charge < -0.3 is 14.9 Å². The molecule has 0 saturated carbocycles. The van der Waals surface area contributed by atoms with Crippen molar-refractivity contribution in [2.45, 2.75) is 0 Å². The van der Waals surface area contributed by atoms with E-state index in [-0.39, 0.29) is 0 Å². The van der Waals surface area contributed by atoms with Crippen molar-refractivity contribution in [1.82, 2.24) is 0 Å². The summed E-state index contributed by atoms with van der Waals surface area (Å²) in [5, 5.41) is 17.5. The maximum absolute atomic E-state index is 13.1. The fraction of sp³-hybridized carbons (Fsp3) is 0.125. The van der Waals surface area contributed by atoms with E-state index in [1.54, 1.807) is 0 Å². The zero-order valence-corrected chi connectivity index (χ0v) is 7.80. The highest BCUT2D eigenvalue weighted by molar-refractivity contribution is 6.35. The number of aromatic hydroxyl groups is 2. The molecule has 0 aliphatic heterocycles. The Bertz CT molecular complexity index is 391. The lowest BCUT2D eigenvalue weighted by molar-refractivity contribution is 0.0595. The van der Waals surface area contributed by atoms with Crippen LogP contribution in [0.1, 0.15) is 10.4 Å². The molecule has 0 radical (unpaired) electrons. The summed E-state index contributed by atoms with van der Waals surface area (Å²) in [6.07, 6.45) is 0. The third-order valence-electron chi connectivity index (χ3n) is 1.56. The molecule has 0 atom stereocenters. The Labute approximate surface area is 83.5 Å². The van der Waals surface area contributed by atoms with Crippen LogP contribution in [0.15, 0.2) is 6.07 Å². The van der Waals surface area contributed by atoms with E-state index in [1.165, 1.54) is 0 Å². The van der Waals surface area contributed by atoms with Crippen molar-refractivity contribution in [2.24, 2.45) is 0 Å². The molecule has 1 aromatic carbocycles. The van der Waals surface area contributed by atoms with Crippen LogP contribution in [-0.4, -0.2) is 23.3 Å². The average Bonchev–Trinajstić information content (AvgIpc) is 2.14. The second-order valence-electron chi connectivity index (χ2n) is 2.41. The highest BCUT2D eigenvalue weighted by Crippen LogP contribution is 2.37. The summed E-state index contributed by atoms with van der Waals surface area (Å²) in [6.45, 7) is 0. The van der Waals surface area contributed by atoms with Gasteiger partial charge in [-0.25, -0.2) is 9.18 Å². The Morgan fingerprint density at radius 3 is 2.64 bits per heavy atom. The molecule has 76 valence electrons. The predicted octanol–water partition coefficient (Wildman–Crippen LogP) is 1.68. The minimum atomic E-state index is -1.06. The molecule has 0 aromatic heterocycles. The number of esters is 1. The fourth-order valence-electron chi connectivity index (χ4n) is 0.885. The first-order valence-electron chi connectivity index (χ1n) is 3.47. The van der Waals surface area contributed by atoms with Crippen LogP contribution in [0, 0.1) is 5.82 Å². The Hall–Kier alpha value is -1.49. The fourth-order valence-corrected chi connectivity index (χ4v) is 1.15. The van der Waals surface area contributed by atoms with Crippen molar-refractivity contribution >= 4 is 17.6 Å². The first kappa shape index (κ1) is 10.6. The highest BCUT2D eigenvalue weighted by Gasteiger charge is 2.22. The van der Waals surface area contributed by atoms with E-state index in [2.05, 4.69) is 4.74 Å². The molecule has 4 nitrogen and oxygen atoms in total. The number of methoxy groups -OCH3 is 1. The van der Waals surface area contributed by atoms with Gasteiger partial charge in [0.25, 0.3) is 0 Å². The molecule has 0 unspecified atom stereocenters. The Kier molecular flexibility index (Phi) is 2.81. The van der Waals surface area contributed by atoms with Gasteiger partial charge in [0.1, 0.15) is 16.4 Å². The molecule has 14 heavy (non-hydrogen) atoms. The van der Waals surface area contributed by atoms with Crippen LogP contribution >= 0.6 is 11.6 Å². The van der Waals surface area contributed by atoms with Gasteiger partial charge in [0.15, 0.2) is 11.5 Å². The second kappa shape index (κ2) is 3.71. The van der Waals surface area contributed by atoms with Gasteiger partial charge in [0.2, 0.25) is 0 Å². The van der Waals surface area contributed by atoms with Gasteiger partial charge in [-0.3, -0.25) is 0 Å². The Balaban J connectivity index is 3.44. The topological polar surface area (TPSA) is 66.8 Å². The summed E-state index contributed by atoms with van der Waals surface area (Å²) < 4.78 is 17.3. The van der Waals surface area contributed by atoms with Crippen molar-refractivity contribution in [3.8, 4) is 11.5 Å². The van der Waals surface area contributed by atoms with Gasteiger partial charge in [0.05, 0.1) is 7.11 Å². The number of phenols is 2. The van der Waals surface area contributed by atoms with Crippen LogP contribution in [0.25, 0.3) is 0 Å². The molecule has 6 heteroatoms. The van der Waals surface area contributed by atoms with Crippen LogP contribution < -0.4 is 0 Å². The van der Waals surface area contributed by atoms with E-state index in [4.69, 9.17) is 21.8 Å². The molecular weight excluding hydrogens is 215 g/mol. The first-order valence-corrected chi connectivity index (χ1v) is 3.85. The molecule has 1 rings (SSSR count). The van der Waals surface area contributed by atoms with Crippen LogP contribution in [-0.2, 0) is 4.74 Å². The molecule has 0 heterocycles. The van der Waals surface area contributed by atoms with Crippen molar-refractivity contribution in [3.63, 3.8) is 0 Å². The van der Waals surface area contributed by atoms with E-state index < -0.39 is 33.9 Å². The Morgan fingerprint density at radius 2 is 2.14 bits per heavy atom. The van der Waals surface area contributed by atoms with E-state index in [0.717, 1.165) is 7.11 Å². The Morgan fingerprint density at radius 1 is 1.57 bits per heavy atom. The summed E-state index contributed by atoms with van der Waals surface area (Å²) >= 11 is 5.43. The number of ether oxygens (including phenoxy) is 1. The number of halogens is 2. The van der Waals surface area contributed by atoms with Gasteiger partial charge in [-0.15, -0.1) is 0 Å². The minimum absolute atomic E-state index is 0.575. The number of rotatable bonds is 1. The molecule has 1 aromatic rings. The number of benzene rings is 1. The maximum Gasteiger partial charge on any atom is 0.342 e. The third-order valence-corrected chi connectivity index (χ3v) is 1.93. The lowest BCUT2D eigenvalue weighted by atomic mass is 10.2. The average molecular weight is 221 g/mol. The summed E-state index contributed by atoms with van der Waals surface area (Å²) in [5.74, 6) is -3.58. The summed E-state index contributed by atoms with van der Waals surface area (Å²) in [7, 11) is 1.04. The van der Waals surface area contributed by atoms with Crippen molar-refractivity contribution < 1.29 is 24.1 Å². The van der Waals surface area contributed by atoms with Crippen LogP contribution in [0.3, 0.4) is 0 Å². The van der Waals surface area contributed by atoms with Crippen molar-refractivity contribution in [2.75, 3.05) is 7.11 Å². The zero-order valence-electron chi connectivity index (χ0n) is 7.04. The predicted molar refractivity (Wildman–Crippen MR) is 46.1 cm³/mol. The van der Waals surface area contributed by atoms with E-state index in [9.17, 15) is 9.18 Å². The number of hydrogen-bond acceptors (Lipinski definition) is 4. The van der Waals surface area contributed by atoms with Gasteiger partial charge in [-0.2, -0.15) is 0 Å². The summed E-state index contributed by atoms with van der Waals surface area (Å²) in [5.41, 5.74) is -0.607. The zero-order chi connectivity index (χ0) is 10.9. The smallest absolute Gasteiger partial charge is 0.342 e. The number of carbonyl (C=O) groups is 1. The summed E-state index contributed by atoms with van der Waals surface area (Å²) in [4.78, 5) is 11.0. The van der Waals surface area contributed by atoms with Gasteiger partial charge >= 0.3 is 5.97 Å². The quantitative estimate of drug-likeness (QED) is 0.558. The first-order chi connectivity index (χ1) is 6.49. The molecule has 0 saturated heterocycles. The molecule has 0 aliphatic carbocycles. The van der Waals surface area contributed by atoms with Crippen LogP contribution in [0.2, 0.25) is 5.02 Å². The van der Waals surface area contributed by atoms with Gasteiger partial charge in [0, 0.05) is 6.07 Å². The molecule has 2 N–H and O–H groups in total. The molecule has 0 amide bonds. The normalized spacial score (nSPS) is 9.93. The highest BCUT2D eigenvalue weighted by atomic mass is 35.5.